The summed E-state index contributed by atoms with van der Waals surface area (Å²) in [5, 5.41) is 3.64. The van der Waals surface area contributed by atoms with Crippen LogP contribution in [0.4, 0.5) is 0 Å². The van der Waals surface area contributed by atoms with Crippen molar-refractivity contribution < 1.29 is 4.74 Å². The number of aryl methyl sites for hydroxylation is 1. The molecule has 0 saturated carbocycles. The zero-order valence-electron chi connectivity index (χ0n) is 13.0. The van der Waals surface area contributed by atoms with Crippen molar-refractivity contribution in [2.45, 2.75) is 45.4 Å². The summed E-state index contributed by atoms with van der Waals surface area (Å²) in [5.41, 5.74) is 0. The number of nitrogens with one attached hydrogen (secondary N) is 1. The Morgan fingerprint density at radius 3 is 3.05 bits per heavy atom. The van der Waals surface area contributed by atoms with Gasteiger partial charge in [-0.05, 0) is 26.9 Å². The minimum atomic E-state index is 0.252. The molecule has 1 aromatic heterocycles. The van der Waals surface area contributed by atoms with E-state index in [2.05, 4.69) is 46.9 Å². The molecule has 114 valence electrons. The SMILES string of the molecule is CCCNC(Cc1nccn1CC)C1CN(C)CCO1. The van der Waals surface area contributed by atoms with Gasteiger partial charge in [-0.25, -0.2) is 4.98 Å². The van der Waals surface area contributed by atoms with Gasteiger partial charge in [-0.1, -0.05) is 6.92 Å². The number of hydrogen-bond acceptors (Lipinski definition) is 4. The fourth-order valence-electron chi connectivity index (χ4n) is 2.73. The first-order chi connectivity index (χ1) is 9.74. The summed E-state index contributed by atoms with van der Waals surface area (Å²) in [4.78, 5) is 6.85. The number of imidazole rings is 1. The first-order valence-electron chi connectivity index (χ1n) is 7.78. The van der Waals surface area contributed by atoms with E-state index >= 15 is 0 Å². The van der Waals surface area contributed by atoms with Gasteiger partial charge in [0.15, 0.2) is 0 Å². The minimum Gasteiger partial charge on any atom is -0.374 e. The van der Waals surface area contributed by atoms with Crippen LogP contribution in [-0.4, -0.2) is 59.9 Å². The van der Waals surface area contributed by atoms with Crippen LogP contribution in [0.3, 0.4) is 0 Å². The van der Waals surface area contributed by atoms with Gasteiger partial charge in [0.1, 0.15) is 5.82 Å². The first-order valence-corrected chi connectivity index (χ1v) is 7.78. The van der Waals surface area contributed by atoms with Gasteiger partial charge in [-0.2, -0.15) is 0 Å². The maximum atomic E-state index is 5.99. The highest BCUT2D eigenvalue weighted by atomic mass is 16.5. The fourth-order valence-corrected chi connectivity index (χ4v) is 2.73. The van der Waals surface area contributed by atoms with Crippen molar-refractivity contribution in [2.75, 3.05) is 33.3 Å². The number of aromatic nitrogens is 2. The van der Waals surface area contributed by atoms with Crippen LogP contribution in [0.25, 0.3) is 0 Å². The van der Waals surface area contributed by atoms with Crippen molar-refractivity contribution in [3.8, 4) is 0 Å². The third-order valence-electron chi connectivity index (χ3n) is 3.95. The summed E-state index contributed by atoms with van der Waals surface area (Å²) in [6.45, 7) is 9.21. The Kier molecular flexibility index (Phi) is 6.01. The molecule has 1 N–H and O–H groups in total. The van der Waals surface area contributed by atoms with Crippen LogP contribution >= 0.6 is 0 Å². The lowest BCUT2D eigenvalue weighted by molar-refractivity contribution is -0.0387. The molecule has 0 radical (unpaired) electrons. The van der Waals surface area contributed by atoms with Crippen molar-refractivity contribution in [3.05, 3.63) is 18.2 Å². The summed E-state index contributed by atoms with van der Waals surface area (Å²) in [5.74, 6) is 1.15. The lowest BCUT2D eigenvalue weighted by Gasteiger charge is -2.35. The normalized spacial score (nSPS) is 22.1. The summed E-state index contributed by atoms with van der Waals surface area (Å²) >= 11 is 0. The predicted octanol–water partition coefficient (Wildman–Crippen LogP) is 1.14. The van der Waals surface area contributed by atoms with Gasteiger partial charge in [0.25, 0.3) is 0 Å². The Morgan fingerprint density at radius 2 is 2.35 bits per heavy atom. The lowest BCUT2D eigenvalue weighted by Crippen LogP contribution is -2.52. The van der Waals surface area contributed by atoms with Crippen molar-refractivity contribution in [2.24, 2.45) is 0 Å². The molecule has 5 nitrogen and oxygen atoms in total. The van der Waals surface area contributed by atoms with Crippen molar-refractivity contribution in [3.63, 3.8) is 0 Å². The molecule has 0 aliphatic carbocycles. The monoisotopic (exact) mass is 280 g/mol. The standard InChI is InChI=1S/C15H28N4O/c1-4-6-16-13(14-12-18(3)9-10-20-14)11-15-17-7-8-19(15)5-2/h7-8,13-14,16H,4-6,9-12H2,1-3H3. The number of ether oxygens (including phenoxy) is 1. The minimum absolute atomic E-state index is 0.252. The van der Waals surface area contributed by atoms with E-state index in [0.29, 0.717) is 6.04 Å². The van der Waals surface area contributed by atoms with Crippen molar-refractivity contribution in [1.82, 2.24) is 19.8 Å². The van der Waals surface area contributed by atoms with Crippen LogP contribution in [-0.2, 0) is 17.7 Å². The van der Waals surface area contributed by atoms with Gasteiger partial charge in [-0.15, -0.1) is 0 Å². The zero-order valence-corrected chi connectivity index (χ0v) is 13.0. The molecule has 1 aromatic rings. The molecule has 1 aliphatic heterocycles. The summed E-state index contributed by atoms with van der Waals surface area (Å²) in [6.07, 6.45) is 6.27. The van der Waals surface area contributed by atoms with E-state index in [1.807, 2.05) is 6.20 Å². The molecular weight excluding hydrogens is 252 g/mol. The molecule has 20 heavy (non-hydrogen) atoms. The number of rotatable bonds is 7. The molecule has 1 aliphatic rings. The van der Waals surface area contributed by atoms with Crippen LogP contribution < -0.4 is 5.32 Å². The van der Waals surface area contributed by atoms with Gasteiger partial charge in [0.2, 0.25) is 0 Å². The molecule has 2 rings (SSSR count). The average Bonchev–Trinajstić information content (AvgIpc) is 2.90. The van der Waals surface area contributed by atoms with E-state index < -0.39 is 0 Å². The van der Waals surface area contributed by atoms with E-state index in [4.69, 9.17) is 4.74 Å². The Morgan fingerprint density at radius 1 is 1.50 bits per heavy atom. The van der Waals surface area contributed by atoms with Crippen molar-refractivity contribution in [1.29, 1.82) is 0 Å². The molecule has 0 spiro atoms. The van der Waals surface area contributed by atoms with E-state index in [0.717, 1.165) is 51.5 Å². The fraction of sp³-hybridized carbons (Fsp3) is 0.800. The largest absolute Gasteiger partial charge is 0.374 e. The Labute approximate surface area is 122 Å². The highest BCUT2D eigenvalue weighted by molar-refractivity contribution is 4.98. The molecule has 2 atom stereocenters. The van der Waals surface area contributed by atoms with Crippen LogP contribution in [0.1, 0.15) is 26.1 Å². The average molecular weight is 280 g/mol. The Hall–Kier alpha value is -0.910. The number of nitrogens with zero attached hydrogens (tertiary/aromatic N) is 3. The second kappa shape index (κ2) is 7.76. The number of likely N-dealkylation sites (N-methyl/N-ethyl adjacent to an activating group) is 1. The van der Waals surface area contributed by atoms with Gasteiger partial charge < -0.3 is 19.5 Å². The maximum absolute atomic E-state index is 5.99. The van der Waals surface area contributed by atoms with Gasteiger partial charge in [0, 0.05) is 44.5 Å². The summed E-state index contributed by atoms with van der Waals surface area (Å²) < 4.78 is 8.20. The lowest BCUT2D eigenvalue weighted by atomic mass is 10.0. The van der Waals surface area contributed by atoms with Gasteiger partial charge >= 0.3 is 0 Å². The number of morpholine rings is 1. The maximum Gasteiger partial charge on any atom is 0.110 e. The molecule has 2 unspecified atom stereocenters. The second-order valence-corrected chi connectivity index (χ2v) is 5.57. The van der Waals surface area contributed by atoms with E-state index in [9.17, 15) is 0 Å². The molecule has 0 aromatic carbocycles. The van der Waals surface area contributed by atoms with Crippen molar-refractivity contribution >= 4 is 0 Å². The number of hydrogen-bond donors (Lipinski definition) is 1. The Bertz CT molecular complexity index is 393. The highest BCUT2D eigenvalue weighted by Gasteiger charge is 2.27. The van der Waals surface area contributed by atoms with E-state index in [-0.39, 0.29) is 6.10 Å². The third-order valence-corrected chi connectivity index (χ3v) is 3.95. The quantitative estimate of drug-likeness (QED) is 0.813. The summed E-state index contributed by atoms with van der Waals surface area (Å²) in [6, 6.07) is 0.338. The van der Waals surface area contributed by atoms with Gasteiger partial charge in [0.05, 0.1) is 12.7 Å². The molecule has 1 fully saturated rings. The second-order valence-electron chi connectivity index (χ2n) is 5.57. The Balaban J connectivity index is 2.02. The van der Waals surface area contributed by atoms with Crippen LogP contribution in [0, 0.1) is 0 Å². The molecule has 2 heterocycles. The van der Waals surface area contributed by atoms with E-state index in [1.54, 1.807) is 0 Å². The topological polar surface area (TPSA) is 42.3 Å². The highest BCUT2D eigenvalue weighted by Crippen LogP contribution is 2.12. The molecule has 0 bridgehead atoms. The molecule has 5 heteroatoms. The molecule has 0 amide bonds. The predicted molar refractivity (Wildman–Crippen MR) is 80.9 cm³/mol. The molecular formula is C15H28N4O. The first kappa shape index (κ1) is 15.5. The smallest absolute Gasteiger partial charge is 0.110 e. The van der Waals surface area contributed by atoms with E-state index in [1.165, 1.54) is 0 Å². The zero-order chi connectivity index (χ0) is 14.4. The van der Waals surface area contributed by atoms with Gasteiger partial charge in [-0.3, -0.25) is 0 Å². The molecule has 1 saturated heterocycles. The van der Waals surface area contributed by atoms with Crippen LogP contribution in [0.2, 0.25) is 0 Å². The summed E-state index contributed by atoms with van der Waals surface area (Å²) in [7, 11) is 2.17. The third kappa shape index (κ3) is 4.04. The van der Waals surface area contributed by atoms with Crippen LogP contribution in [0.15, 0.2) is 12.4 Å². The van der Waals surface area contributed by atoms with Crippen LogP contribution in [0.5, 0.6) is 0 Å².